The van der Waals surface area contributed by atoms with E-state index in [-0.39, 0.29) is 23.5 Å². The van der Waals surface area contributed by atoms with E-state index in [0.29, 0.717) is 29.0 Å². The van der Waals surface area contributed by atoms with Crippen molar-refractivity contribution in [1.29, 1.82) is 0 Å². The maximum atomic E-state index is 13.3. The summed E-state index contributed by atoms with van der Waals surface area (Å²) in [5.41, 5.74) is 0.589. The van der Waals surface area contributed by atoms with Crippen LogP contribution in [0.1, 0.15) is 33.5 Å². The van der Waals surface area contributed by atoms with Crippen LogP contribution in [-0.4, -0.2) is 30.3 Å². The van der Waals surface area contributed by atoms with Crippen LogP contribution in [0.5, 0.6) is 0 Å². The molecule has 0 atom stereocenters. The lowest BCUT2D eigenvalue weighted by Crippen LogP contribution is -2.32. The van der Waals surface area contributed by atoms with E-state index in [9.17, 15) is 26.4 Å². The average Bonchev–Trinajstić information content (AvgIpc) is 2.79. The third-order valence-electron chi connectivity index (χ3n) is 5.17. The predicted molar refractivity (Wildman–Crippen MR) is 122 cm³/mol. The molecular formula is C24H21ClF3NO4S. The summed E-state index contributed by atoms with van der Waals surface area (Å²) >= 11 is 5.88. The summed E-state index contributed by atoms with van der Waals surface area (Å²) in [6.45, 7) is 0.102. The number of rotatable bonds is 9. The van der Waals surface area contributed by atoms with E-state index in [1.54, 1.807) is 12.1 Å². The van der Waals surface area contributed by atoms with Crippen LogP contribution in [0.25, 0.3) is 0 Å². The number of hydrogen-bond donors (Lipinski definition) is 1. The summed E-state index contributed by atoms with van der Waals surface area (Å²) in [4.78, 5) is 11.1. The van der Waals surface area contributed by atoms with Gasteiger partial charge in [-0.1, -0.05) is 35.9 Å². The molecule has 3 aromatic rings. The summed E-state index contributed by atoms with van der Waals surface area (Å²) < 4.78 is 66.1. The lowest BCUT2D eigenvalue weighted by Gasteiger charge is -2.23. The van der Waals surface area contributed by atoms with E-state index in [4.69, 9.17) is 16.7 Å². The Kier molecular flexibility index (Phi) is 8.01. The van der Waals surface area contributed by atoms with E-state index in [1.807, 2.05) is 0 Å². The molecule has 3 aromatic carbocycles. The third kappa shape index (κ3) is 6.59. The molecule has 0 heterocycles. The van der Waals surface area contributed by atoms with Gasteiger partial charge in [0.25, 0.3) is 0 Å². The quantitative estimate of drug-likeness (QED) is 0.389. The second-order valence-corrected chi connectivity index (χ2v) is 9.97. The molecule has 0 aliphatic heterocycles. The second-order valence-electron chi connectivity index (χ2n) is 7.59. The molecule has 5 nitrogen and oxygen atoms in total. The van der Waals surface area contributed by atoms with Crippen LogP contribution in [0.2, 0.25) is 5.02 Å². The molecule has 0 aliphatic carbocycles. The molecule has 0 saturated heterocycles. The van der Waals surface area contributed by atoms with Crippen molar-refractivity contribution in [2.24, 2.45) is 0 Å². The van der Waals surface area contributed by atoms with Gasteiger partial charge in [0.1, 0.15) is 0 Å². The molecule has 0 fully saturated rings. The Balaban J connectivity index is 1.78. The number of aryl methyl sites for hydroxylation is 1. The van der Waals surface area contributed by atoms with Gasteiger partial charge in [-0.05, 0) is 72.5 Å². The first kappa shape index (κ1) is 25.7. The summed E-state index contributed by atoms with van der Waals surface area (Å²) in [7, 11) is -3.91. The van der Waals surface area contributed by atoms with Gasteiger partial charge < -0.3 is 5.11 Å². The summed E-state index contributed by atoms with van der Waals surface area (Å²) in [5, 5.41) is 9.45. The smallest absolute Gasteiger partial charge is 0.416 e. The standard InChI is InChI=1S/C24H21ClF3NO4S/c25-21-11-13-22(14-12-21)34(32,33)29(16-18-3-7-19(8-4-18)23(30)31)15-1-2-17-5-9-20(10-6-17)24(26,27)28/h3-14H,1-2,15-16H2,(H,30,31). The highest BCUT2D eigenvalue weighted by atomic mass is 35.5. The predicted octanol–water partition coefficient (Wildman–Crippen LogP) is 5.88. The van der Waals surface area contributed by atoms with Crippen molar-refractivity contribution in [3.05, 3.63) is 100 Å². The van der Waals surface area contributed by atoms with Gasteiger partial charge in [0.2, 0.25) is 10.0 Å². The van der Waals surface area contributed by atoms with Crippen molar-refractivity contribution in [2.75, 3.05) is 6.54 Å². The molecule has 0 aliphatic rings. The minimum atomic E-state index is -4.42. The lowest BCUT2D eigenvalue weighted by atomic mass is 10.1. The molecule has 0 aromatic heterocycles. The van der Waals surface area contributed by atoms with Crippen LogP contribution in [0, 0.1) is 0 Å². The zero-order valence-electron chi connectivity index (χ0n) is 17.8. The van der Waals surface area contributed by atoms with Gasteiger partial charge in [-0.15, -0.1) is 0 Å². The van der Waals surface area contributed by atoms with Crippen LogP contribution in [-0.2, 0) is 29.2 Å². The number of nitrogens with zero attached hydrogens (tertiary/aromatic N) is 1. The van der Waals surface area contributed by atoms with Crippen molar-refractivity contribution < 1.29 is 31.5 Å². The maximum absolute atomic E-state index is 13.3. The molecule has 180 valence electrons. The Hall–Kier alpha value is -2.88. The van der Waals surface area contributed by atoms with E-state index < -0.39 is 27.7 Å². The average molecular weight is 512 g/mol. The van der Waals surface area contributed by atoms with Gasteiger partial charge in [-0.3, -0.25) is 0 Å². The minimum absolute atomic E-state index is 0.00211. The third-order valence-corrected chi connectivity index (χ3v) is 7.28. The number of carboxylic acid groups (broad SMARTS) is 1. The van der Waals surface area contributed by atoms with Crippen molar-refractivity contribution in [2.45, 2.75) is 30.5 Å². The number of sulfonamides is 1. The van der Waals surface area contributed by atoms with Crippen molar-refractivity contribution in [1.82, 2.24) is 4.31 Å². The van der Waals surface area contributed by atoms with Crippen molar-refractivity contribution in [3.8, 4) is 0 Å². The molecule has 34 heavy (non-hydrogen) atoms. The second kappa shape index (κ2) is 10.6. The number of carboxylic acids is 1. The van der Waals surface area contributed by atoms with E-state index in [0.717, 1.165) is 12.1 Å². The number of alkyl halides is 3. The number of benzene rings is 3. The number of carbonyl (C=O) groups is 1. The Labute approximate surface area is 200 Å². The zero-order valence-corrected chi connectivity index (χ0v) is 19.4. The molecule has 0 bridgehead atoms. The fourth-order valence-corrected chi connectivity index (χ4v) is 4.91. The molecule has 0 spiro atoms. The zero-order chi connectivity index (χ0) is 24.9. The SMILES string of the molecule is O=C(O)c1ccc(CN(CCCc2ccc(C(F)(F)F)cc2)S(=O)(=O)c2ccc(Cl)cc2)cc1. The fourth-order valence-electron chi connectivity index (χ4n) is 3.32. The highest BCUT2D eigenvalue weighted by molar-refractivity contribution is 7.89. The summed E-state index contributed by atoms with van der Waals surface area (Å²) in [6.07, 6.45) is -3.67. The van der Waals surface area contributed by atoms with Crippen LogP contribution >= 0.6 is 11.6 Å². The van der Waals surface area contributed by atoms with Crippen LogP contribution in [0.15, 0.2) is 77.7 Å². The molecule has 0 saturated carbocycles. The molecule has 0 radical (unpaired) electrons. The van der Waals surface area contributed by atoms with E-state index >= 15 is 0 Å². The summed E-state index contributed by atoms with van der Waals surface area (Å²) in [5.74, 6) is -1.09. The Morgan fingerprint density at radius 3 is 1.97 bits per heavy atom. The van der Waals surface area contributed by atoms with Gasteiger partial charge in [-0.2, -0.15) is 17.5 Å². The number of hydrogen-bond acceptors (Lipinski definition) is 3. The van der Waals surface area contributed by atoms with Crippen LogP contribution in [0.4, 0.5) is 13.2 Å². The Bertz CT molecular complexity index is 1230. The fraction of sp³-hybridized carbons (Fsp3) is 0.208. The first-order valence-corrected chi connectivity index (χ1v) is 12.0. The Morgan fingerprint density at radius 1 is 0.882 bits per heavy atom. The first-order chi connectivity index (χ1) is 16.0. The van der Waals surface area contributed by atoms with Gasteiger partial charge in [-0.25, -0.2) is 13.2 Å². The Morgan fingerprint density at radius 2 is 1.44 bits per heavy atom. The molecular weight excluding hydrogens is 491 g/mol. The monoisotopic (exact) mass is 511 g/mol. The molecule has 10 heteroatoms. The van der Waals surface area contributed by atoms with E-state index in [1.165, 1.54) is 52.8 Å². The largest absolute Gasteiger partial charge is 0.478 e. The lowest BCUT2D eigenvalue weighted by molar-refractivity contribution is -0.137. The summed E-state index contributed by atoms with van der Waals surface area (Å²) in [6, 6.07) is 16.4. The topological polar surface area (TPSA) is 74.7 Å². The van der Waals surface area contributed by atoms with Gasteiger partial charge in [0.15, 0.2) is 0 Å². The van der Waals surface area contributed by atoms with Crippen LogP contribution in [0.3, 0.4) is 0 Å². The van der Waals surface area contributed by atoms with Crippen LogP contribution < -0.4 is 0 Å². The normalized spacial score (nSPS) is 12.1. The minimum Gasteiger partial charge on any atom is -0.478 e. The molecule has 1 N–H and O–H groups in total. The first-order valence-electron chi connectivity index (χ1n) is 10.2. The highest BCUT2D eigenvalue weighted by Gasteiger charge is 2.30. The van der Waals surface area contributed by atoms with Crippen molar-refractivity contribution >= 4 is 27.6 Å². The van der Waals surface area contributed by atoms with E-state index in [2.05, 4.69) is 0 Å². The molecule has 3 rings (SSSR count). The van der Waals surface area contributed by atoms with Gasteiger partial charge >= 0.3 is 12.1 Å². The molecule has 0 unspecified atom stereocenters. The number of aromatic carboxylic acids is 1. The van der Waals surface area contributed by atoms with Gasteiger partial charge in [0, 0.05) is 18.1 Å². The molecule has 0 amide bonds. The van der Waals surface area contributed by atoms with Crippen molar-refractivity contribution in [3.63, 3.8) is 0 Å². The maximum Gasteiger partial charge on any atom is 0.416 e. The number of halogens is 4. The highest BCUT2D eigenvalue weighted by Crippen LogP contribution is 2.29. The van der Waals surface area contributed by atoms with Gasteiger partial charge in [0.05, 0.1) is 16.0 Å².